The van der Waals surface area contributed by atoms with Crippen molar-refractivity contribution in [1.29, 1.82) is 0 Å². The third-order valence-corrected chi connectivity index (χ3v) is 3.99. The second-order valence-corrected chi connectivity index (χ2v) is 6.76. The standard InChI is InChI=1S/C13H19N3O4S.ClH/c1-21(19,20)10-4-2-9(3-5-10)8-16-13(18)11(14)6-7-12(15)17;/h2-5,11H,6-8,14H2,1H3,(H2,15,17)(H,16,18);1H/t11-;/m0./s1. The van der Waals surface area contributed by atoms with E-state index in [1.807, 2.05) is 0 Å². The highest BCUT2D eigenvalue weighted by Crippen LogP contribution is 2.10. The second kappa shape index (κ2) is 8.72. The third kappa shape index (κ3) is 6.88. The fraction of sp³-hybridized carbons (Fsp3) is 0.385. The molecule has 1 rings (SSSR count). The molecule has 1 aromatic rings. The van der Waals surface area contributed by atoms with Gasteiger partial charge in [0.05, 0.1) is 10.9 Å². The summed E-state index contributed by atoms with van der Waals surface area (Å²) in [4.78, 5) is 22.5. The summed E-state index contributed by atoms with van der Waals surface area (Å²) in [6, 6.07) is 5.39. The zero-order valence-corrected chi connectivity index (χ0v) is 13.7. The number of nitrogens with one attached hydrogen (secondary N) is 1. The highest BCUT2D eigenvalue weighted by atomic mass is 35.5. The van der Waals surface area contributed by atoms with Crippen LogP contribution in [-0.4, -0.2) is 32.5 Å². The Labute approximate surface area is 135 Å². The SMILES string of the molecule is CS(=O)(=O)c1ccc(CNC(=O)[C@@H](N)CCC(N)=O)cc1.Cl. The molecule has 0 aromatic heterocycles. The summed E-state index contributed by atoms with van der Waals surface area (Å²) in [5.41, 5.74) is 11.3. The Morgan fingerprint density at radius 2 is 1.77 bits per heavy atom. The van der Waals surface area contributed by atoms with Crippen LogP contribution in [0.15, 0.2) is 29.2 Å². The normalized spacial score (nSPS) is 12.1. The topological polar surface area (TPSA) is 132 Å². The minimum Gasteiger partial charge on any atom is -0.370 e. The number of rotatable bonds is 7. The summed E-state index contributed by atoms with van der Waals surface area (Å²) >= 11 is 0. The van der Waals surface area contributed by atoms with Crippen LogP contribution >= 0.6 is 12.4 Å². The first-order valence-electron chi connectivity index (χ1n) is 6.30. The van der Waals surface area contributed by atoms with Crippen LogP contribution in [0.2, 0.25) is 0 Å². The number of nitrogens with two attached hydrogens (primary N) is 2. The predicted octanol–water partition coefficient (Wildman–Crippen LogP) is -0.279. The Bertz CT molecular complexity index is 617. The largest absolute Gasteiger partial charge is 0.370 e. The van der Waals surface area contributed by atoms with Gasteiger partial charge in [-0.15, -0.1) is 12.4 Å². The number of benzene rings is 1. The first kappa shape index (κ1) is 20.4. The van der Waals surface area contributed by atoms with Gasteiger partial charge in [-0.1, -0.05) is 12.1 Å². The summed E-state index contributed by atoms with van der Waals surface area (Å²) in [5.74, 6) is -0.891. The van der Waals surface area contributed by atoms with E-state index >= 15 is 0 Å². The molecule has 7 nitrogen and oxygen atoms in total. The lowest BCUT2D eigenvalue weighted by Crippen LogP contribution is -2.40. The van der Waals surface area contributed by atoms with Gasteiger partial charge < -0.3 is 16.8 Å². The van der Waals surface area contributed by atoms with Crippen LogP contribution in [0.1, 0.15) is 18.4 Å². The number of primary amides is 1. The average Bonchev–Trinajstić information content (AvgIpc) is 2.41. The molecule has 0 saturated carbocycles. The highest BCUT2D eigenvalue weighted by Gasteiger charge is 2.14. The lowest BCUT2D eigenvalue weighted by molar-refractivity contribution is -0.123. The fourth-order valence-electron chi connectivity index (χ4n) is 1.60. The van der Waals surface area contributed by atoms with Crippen molar-refractivity contribution in [2.24, 2.45) is 11.5 Å². The molecule has 0 heterocycles. The number of amides is 2. The van der Waals surface area contributed by atoms with Crippen molar-refractivity contribution < 1.29 is 18.0 Å². The summed E-state index contributed by atoms with van der Waals surface area (Å²) < 4.78 is 22.6. The molecule has 124 valence electrons. The van der Waals surface area contributed by atoms with Gasteiger partial charge in [-0.3, -0.25) is 9.59 Å². The van der Waals surface area contributed by atoms with Gasteiger partial charge in [0, 0.05) is 19.2 Å². The minimum atomic E-state index is -3.23. The van der Waals surface area contributed by atoms with Crippen molar-refractivity contribution in [2.75, 3.05) is 6.26 Å². The van der Waals surface area contributed by atoms with Crippen molar-refractivity contribution >= 4 is 34.1 Å². The maximum absolute atomic E-state index is 11.7. The molecule has 0 unspecified atom stereocenters. The van der Waals surface area contributed by atoms with E-state index in [9.17, 15) is 18.0 Å². The molecule has 0 saturated heterocycles. The van der Waals surface area contributed by atoms with Crippen molar-refractivity contribution in [3.8, 4) is 0 Å². The van der Waals surface area contributed by atoms with E-state index in [0.717, 1.165) is 11.8 Å². The molecule has 9 heteroatoms. The van der Waals surface area contributed by atoms with Gasteiger partial charge >= 0.3 is 0 Å². The molecule has 0 bridgehead atoms. The number of carbonyl (C=O) groups is 2. The van der Waals surface area contributed by atoms with Crippen LogP contribution in [0.4, 0.5) is 0 Å². The fourth-order valence-corrected chi connectivity index (χ4v) is 2.23. The van der Waals surface area contributed by atoms with Crippen molar-refractivity contribution in [3.63, 3.8) is 0 Å². The molecule has 1 atom stereocenters. The summed E-state index contributed by atoms with van der Waals surface area (Å²) in [6.45, 7) is 0.229. The van der Waals surface area contributed by atoms with E-state index in [-0.39, 0.29) is 42.6 Å². The van der Waals surface area contributed by atoms with Gasteiger partial charge in [0.2, 0.25) is 11.8 Å². The first-order chi connectivity index (χ1) is 9.70. The Morgan fingerprint density at radius 1 is 1.23 bits per heavy atom. The maximum Gasteiger partial charge on any atom is 0.237 e. The molecule has 0 spiro atoms. The average molecular weight is 350 g/mol. The van der Waals surface area contributed by atoms with Gasteiger partial charge in [0.25, 0.3) is 0 Å². The maximum atomic E-state index is 11.7. The van der Waals surface area contributed by atoms with Gasteiger partial charge in [0.1, 0.15) is 0 Å². The summed E-state index contributed by atoms with van der Waals surface area (Å²) in [7, 11) is -3.23. The molecular formula is C13H20ClN3O4S. The van der Waals surface area contributed by atoms with Gasteiger partial charge in [-0.2, -0.15) is 0 Å². The molecule has 0 radical (unpaired) electrons. The van der Waals surface area contributed by atoms with E-state index in [1.54, 1.807) is 12.1 Å². The Hall–Kier alpha value is -1.64. The Balaban J connectivity index is 0.00000441. The van der Waals surface area contributed by atoms with Crippen LogP contribution in [0.25, 0.3) is 0 Å². The zero-order chi connectivity index (χ0) is 16.0. The van der Waals surface area contributed by atoms with E-state index in [0.29, 0.717) is 0 Å². The van der Waals surface area contributed by atoms with Gasteiger partial charge in [0.15, 0.2) is 9.84 Å². The van der Waals surface area contributed by atoms with Crippen LogP contribution in [0.5, 0.6) is 0 Å². The van der Waals surface area contributed by atoms with Crippen molar-refractivity contribution in [1.82, 2.24) is 5.32 Å². The number of sulfone groups is 1. The summed E-state index contributed by atoms with van der Waals surface area (Å²) in [5, 5.41) is 2.62. The van der Waals surface area contributed by atoms with Crippen LogP contribution in [0, 0.1) is 0 Å². The van der Waals surface area contributed by atoms with E-state index in [4.69, 9.17) is 11.5 Å². The molecule has 0 aliphatic heterocycles. The Morgan fingerprint density at radius 3 is 2.23 bits per heavy atom. The molecule has 0 aliphatic rings. The van der Waals surface area contributed by atoms with Crippen molar-refractivity contribution in [3.05, 3.63) is 29.8 Å². The lowest BCUT2D eigenvalue weighted by atomic mass is 10.1. The van der Waals surface area contributed by atoms with E-state index < -0.39 is 21.8 Å². The van der Waals surface area contributed by atoms with Crippen molar-refractivity contribution in [2.45, 2.75) is 30.3 Å². The molecule has 0 fully saturated rings. The molecule has 0 aliphatic carbocycles. The predicted molar refractivity (Wildman–Crippen MR) is 85.1 cm³/mol. The lowest BCUT2D eigenvalue weighted by Gasteiger charge is -2.11. The van der Waals surface area contributed by atoms with Crippen LogP contribution < -0.4 is 16.8 Å². The minimum absolute atomic E-state index is 0. The molecule has 22 heavy (non-hydrogen) atoms. The van der Waals surface area contributed by atoms with E-state index in [1.165, 1.54) is 12.1 Å². The van der Waals surface area contributed by atoms with Crippen LogP contribution in [-0.2, 0) is 26.0 Å². The smallest absolute Gasteiger partial charge is 0.237 e. The first-order valence-corrected chi connectivity index (χ1v) is 8.20. The highest BCUT2D eigenvalue weighted by molar-refractivity contribution is 7.90. The second-order valence-electron chi connectivity index (χ2n) is 4.75. The zero-order valence-electron chi connectivity index (χ0n) is 12.1. The molecular weight excluding hydrogens is 330 g/mol. The number of halogens is 1. The summed E-state index contributed by atoms with van der Waals surface area (Å²) in [6.07, 6.45) is 1.37. The number of carbonyl (C=O) groups excluding carboxylic acids is 2. The van der Waals surface area contributed by atoms with E-state index in [2.05, 4.69) is 5.32 Å². The van der Waals surface area contributed by atoms with Gasteiger partial charge in [-0.25, -0.2) is 8.42 Å². The third-order valence-electron chi connectivity index (χ3n) is 2.86. The molecule has 2 amide bonds. The molecule has 5 N–H and O–H groups in total. The monoisotopic (exact) mass is 349 g/mol. The van der Waals surface area contributed by atoms with Gasteiger partial charge in [-0.05, 0) is 24.1 Å². The number of hydrogen-bond acceptors (Lipinski definition) is 5. The molecule has 1 aromatic carbocycles. The quantitative estimate of drug-likeness (QED) is 0.622. The Kier molecular flexibility index (Phi) is 8.07. The number of hydrogen-bond donors (Lipinski definition) is 3. The van der Waals surface area contributed by atoms with Crippen LogP contribution in [0.3, 0.4) is 0 Å².